The minimum absolute atomic E-state index is 0.226. The zero-order valence-electron chi connectivity index (χ0n) is 11.1. The molecule has 2 rings (SSSR count). The minimum Gasteiger partial charge on any atom is -0.494 e. The maximum absolute atomic E-state index is 5.61. The van der Waals surface area contributed by atoms with Gasteiger partial charge < -0.3 is 4.74 Å². The third-order valence-corrected chi connectivity index (χ3v) is 2.75. The maximum Gasteiger partial charge on any atom is 0.150 e. The van der Waals surface area contributed by atoms with Crippen LogP contribution in [0.2, 0.25) is 0 Å². The van der Waals surface area contributed by atoms with Gasteiger partial charge in [0.2, 0.25) is 0 Å². The largest absolute Gasteiger partial charge is 0.494 e. The maximum atomic E-state index is 5.61. The van der Waals surface area contributed by atoms with Crippen molar-refractivity contribution in [1.82, 2.24) is 15.4 Å². The van der Waals surface area contributed by atoms with Crippen LogP contribution in [0.5, 0.6) is 5.75 Å². The molecule has 0 radical (unpaired) electrons. The van der Waals surface area contributed by atoms with E-state index in [1.54, 1.807) is 12.4 Å². The molecular formula is C14H18N4O. The van der Waals surface area contributed by atoms with E-state index in [0.717, 1.165) is 16.9 Å². The Morgan fingerprint density at radius 3 is 2.37 bits per heavy atom. The first-order valence-electron chi connectivity index (χ1n) is 6.22. The van der Waals surface area contributed by atoms with Crippen molar-refractivity contribution >= 4 is 0 Å². The Labute approximate surface area is 112 Å². The monoisotopic (exact) mass is 258 g/mol. The van der Waals surface area contributed by atoms with Gasteiger partial charge in [-0.05, 0) is 37.1 Å². The van der Waals surface area contributed by atoms with Crippen LogP contribution in [0, 0.1) is 6.92 Å². The SMILES string of the molecule is CCOc1ccc(C(NN)c2ncc(C)cn2)cc1. The highest BCUT2D eigenvalue weighted by Gasteiger charge is 2.15. The van der Waals surface area contributed by atoms with Crippen LogP contribution in [-0.4, -0.2) is 16.6 Å². The Morgan fingerprint density at radius 2 is 1.84 bits per heavy atom. The predicted molar refractivity (Wildman–Crippen MR) is 73.5 cm³/mol. The number of hydrazine groups is 1. The van der Waals surface area contributed by atoms with Gasteiger partial charge in [0.05, 0.1) is 6.61 Å². The quantitative estimate of drug-likeness (QED) is 0.631. The highest BCUT2D eigenvalue weighted by molar-refractivity contribution is 5.31. The number of rotatable bonds is 5. The fraction of sp³-hybridized carbons (Fsp3) is 0.286. The highest BCUT2D eigenvalue weighted by Crippen LogP contribution is 2.21. The number of aromatic nitrogens is 2. The summed E-state index contributed by atoms with van der Waals surface area (Å²) in [6, 6.07) is 7.52. The van der Waals surface area contributed by atoms with E-state index < -0.39 is 0 Å². The average Bonchev–Trinajstić information content (AvgIpc) is 2.44. The molecule has 1 heterocycles. The standard InChI is InChI=1S/C14H18N4O/c1-3-19-12-6-4-11(5-7-12)13(18-15)14-16-8-10(2)9-17-14/h4-9,13,18H,3,15H2,1-2H3. The number of nitrogens with zero attached hydrogens (tertiary/aromatic N) is 2. The third-order valence-electron chi connectivity index (χ3n) is 2.75. The molecular weight excluding hydrogens is 240 g/mol. The lowest BCUT2D eigenvalue weighted by molar-refractivity contribution is 0.340. The molecule has 100 valence electrons. The van der Waals surface area contributed by atoms with Crippen molar-refractivity contribution in [3.63, 3.8) is 0 Å². The molecule has 1 unspecified atom stereocenters. The van der Waals surface area contributed by atoms with Gasteiger partial charge in [-0.3, -0.25) is 5.84 Å². The van der Waals surface area contributed by atoms with Crippen molar-refractivity contribution in [3.05, 3.63) is 53.6 Å². The second-order valence-electron chi connectivity index (χ2n) is 4.22. The minimum atomic E-state index is -0.226. The van der Waals surface area contributed by atoms with Gasteiger partial charge in [0.25, 0.3) is 0 Å². The van der Waals surface area contributed by atoms with Crippen molar-refractivity contribution in [1.29, 1.82) is 0 Å². The van der Waals surface area contributed by atoms with Gasteiger partial charge in [-0.15, -0.1) is 0 Å². The number of aryl methyl sites for hydroxylation is 1. The van der Waals surface area contributed by atoms with E-state index in [-0.39, 0.29) is 6.04 Å². The van der Waals surface area contributed by atoms with E-state index in [0.29, 0.717) is 12.4 Å². The number of hydrogen-bond acceptors (Lipinski definition) is 5. The van der Waals surface area contributed by atoms with Crippen molar-refractivity contribution in [2.45, 2.75) is 19.9 Å². The summed E-state index contributed by atoms with van der Waals surface area (Å²) in [7, 11) is 0. The van der Waals surface area contributed by atoms with Gasteiger partial charge in [-0.2, -0.15) is 0 Å². The molecule has 0 saturated carbocycles. The molecule has 1 aromatic carbocycles. The topological polar surface area (TPSA) is 73.1 Å². The van der Waals surface area contributed by atoms with Gasteiger partial charge in [-0.25, -0.2) is 15.4 Å². The number of benzene rings is 1. The van der Waals surface area contributed by atoms with Crippen LogP contribution in [0.3, 0.4) is 0 Å². The first-order chi connectivity index (χ1) is 9.24. The van der Waals surface area contributed by atoms with Crippen molar-refractivity contribution in [2.75, 3.05) is 6.61 Å². The zero-order chi connectivity index (χ0) is 13.7. The summed E-state index contributed by atoms with van der Waals surface area (Å²) in [6.07, 6.45) is 3.56. The van der Waals surface area contributed by atoms with E-state index in [2.05, 4.69) is 15.4 Å². The summed E-state index contributed by atoms with van der Waals surface area (Å²) >= 11 is 0. The normalized spacial score (nSPS) is 12.2. The van der Waals surface area contributed by atoms with E-state index in [1.807, 2.05) is 38.1 Å². The molecule has 0 aliphatic rings. The zero-order valence-corrected chi connectivity index (χ0v) is 11.1. The second-order valence-corrected chi connectivity index (χ2v) is 4.22. The molecule has 0 saturated heterocycles. The Morgan fingerprint density at radius 1 is 1.21 bits per heavy atom. The van der Waals surface area contributed by atoms with Crippen LogP contribution >= 0.6 is 0 Å². The number of nitrogens with two attached hydrogens (primary N) is 1. The van der Waals surface area contributed by atoms with Crippen molar-refractivity contribution in [3.8, 4) is 5.75 Å². The molecule has 1 atom stereocenters. The first kappa shape index (κ1) is 13.5. The van der Waals surface area contributed by atoms with Crippen LogP contribution in [-0.2, 0) is 0 Å². The van der Waals surface area contributed by atoms with E-state index in [9.17, 15) is 0 Å². The van der Waals surface area contributed by atoms with Gasteiger partial charge >= 0.3 is 0 Å². The molecule has 0 aliphatic heterocycles. The summed E-state index contributed by atoms with van der Waals surface area (Å²) < 4.78 is 5.41. The van der Waals surface area contributed by atoms with Crippen molar-refractivity contribution in [2.24, 2.45) is 5.84 Å². The summed E-state index contributed by atoms with van der Waals surface area (Å²) in [6.45, 7) is 4.56. The molecule has 3 N–H and O–H groups in total. The Bertz CT molecular complexity index is 510. The van der Waals surface area contributed by atoms with Gasteiger partial charge in [0.15, 0.2) is 5.82 Å². The van der Waals surface area contributed by atoms with Crippen LogP contribution in [0.4, 0.5) is 0 Å². The van der Waals surface area contributed by atoms with E-state index >= 15 is 0 Å². The van der Waals surface area contributed by atoms with Crippen LogP contribution < -0.4 is 16.0 Å². The van der Waals surface area contributed by atoms with E-state index in [1.165, 1.54) is 0 Å². The van der Waals surface area contributed by atoms with Gasteiger partial charge in [0.1, 0.15) is 11.8 Å². The van der Waals surface area contributed by atoms with Crippen LogP contribution in [0.1, 0.15) is 29.9 Å². The number of ether oxygens (including phenoxy) is 1. The Balaban J connectivity index is 2.23. The molecule has 5 nitrogen and oxygen atoms in total. The summed E-state index contributed by atoms with van der Waals surface area (Å²) in [4.78, 5) is 8.60. The Kier molecular flexibility index (Phi) is 4.43. The summed E-state index contributed by atoms with van der Waals surface area (Å²) in [5, 5.41) is 0. The smallest absolute Gasteiger partial charge is 0.150 e. The lowest BCUT2D eigenvalue weighted by atomic mass is 10.1. The molecule has 2 aromatic rings. The molecule has 0 spiro atoms. The molecule has 19 heavy (non-hydrogen) atoms. The molecule has 5 heteroatoms. The molecule has 0 fully saturated rings. The molecule has 1 aromatic heterocycles. The highest BCUT2D eigenvalue weighted by atomic mass is 16.5. The van der Waals surface area contributed by atoms with Crippen LogP contribution in [0.15, 0.2) is 36.7 Å². The van der Waals surface area contributed by atoms with Crippen molar-refractivity contribution < 1.29 is 4.74 Å². The lowest BCUT2D eigenvalue weighted by Crippen LogP contribution is -2.30. The summed E-state index contributed by atoms with van der Waals surface area (Å²) in [5.74, 6) is 7.10. The fourth-order valence-corrected chi connectivity index (χ4v) is 1.79. The van der Waals surface area contributed by atoms with Crippen LogP contribution in [0.25, 0.3) is 0 Å². The average molecular weight is 258 g/mol. The Hall–Kier alpha value is -1.98. The number of hydrogen-bond donors (Lipinski definition) is 2. The molecule has 0 bridgehead atoms. The van der Waals surface area contributed by atoms with E-state index in [4.69, 9.17) is 10.6 Å². The fourth-order valence-electron chi connectivity index (χ4n) is 1.79. The third kappa shape index (κ3) is 3.27. The molecule has 0 aliphatic carbocycles. The second kappa shape index (κ2) is 6.26. The lowest BCUT2D eigenvalue weighted by Gasteiger charge is -2.15. The summed E-state index contributed by atoms with van der Waals surface area (Å²) in [5.41, 5.74) is 4.75. The first-order valence-corrected chi connectivity index (χ1v) is 6.22. The number of nitrogens with one attached hydrogen (secondary N) is 1. The van der Waals surface area contributed by atoms with Gasteiger partial charge in [0, 0.05) is 12.4 Å². The predicted octanol–water partition coefficient (Wildman–Crippen LogP) is 1.74. The van der Waals surface area contributed by atoms with Gasteiger partial charge in [-0.1, -0.05) is 12.1 Å². The molecule has 0 amide bonds.